The van der Waals surface area contributed by atoms with Crippen LogP contribution >= 0.6 is 0 Å². The zero-order valence-corrected chi connectivity index (χ0v) is 14.8. The highest BCUT2D eigenvalue weighted by Crippen LogP contribution is 2.72. The van der Waals surface area contributed by atoms with Crippen molar-refractivity contribution in [1.82, 2.24) is 0 Å². The van der Waals surface area contributed by atoms with Crippen molar-refractivity contribution in [3.05, 3.63) is 23.8 Å². The van der Waals surface area contributed by atoms with Crippen LogP contribution in [0.25, 0.3) is 0 Å². The fraction of sp³-hybridized carbons (Fsp3) is 0.773. The predicted octanol–water partition coefficient (Wildman–Crippen LogP) is 4.76. The van der Waals surface area contributed by atoms with Crippen LogP contribution in [0.2, 0.25) is 0 Å². The average molecular weight is 323 g/mol. The summed E-state index contributed by atoms with van der Waals surface area (Å²) in [6, 6.07) is 0. The van der Waals surface area contributed by atoms with E-state index >= 15 is 0 Å². The number of ether oxygens (including phenoxy) is 1. The Morgan fingerprint density at radius 3 is 2.88 bits per heavy atom. The monoisotopic (exact) mass is 323 g/mol. The Labute approximate surface area is 145 Å². The maximum atomic E-state index is 8.11. The smallest absolute Gasteiger partial charge is 0.0923 e. The summed E-state index contributed by atoms with van der Waals surface area (Å²) in [5, 5.41) is 8.11. The first kappa shape index (κ1) is 14.3. The van der Waals surface area contributed by atoms with E-state index in [1.165, 1.54) is 38.5 Å². The number of allylic oxidation sites excluding steroid dienone is 2. The molecule has 0 saturated heterocycles. The van der Waals surface area contributed by atoms with Crippen molar-refractivity contribution in [3.8, 4) is 0 Å². The Bertz CT molecular complexity index is 677. The van der Waals surface area contributed by atoms with Crippen LogP contribution in [0.5, 0.6) is 0 Å². The molecule has 0 bridgehead atoms. The third-order valence-corrected chi connectivity index (χ3v) is 9.16. The van der Waals surface area contributed by atoms with Gasteiger partial charge in [0.05, 0.1) is 12.2 Å². The van der Waals surface area contributed by atoms with Gasteiger partial charge in [-0.25, -0.2) is 0 Å². The Morgan fingerprint density at radius 1 is 1.12 bits per heavy atom. The molecule has 4 saturated carbocycles. The number of hydrogen-bond donors (Lipinski definition) is 1. The number of nitrogens with one attached hydrogen (secondary N) is 1. The number of rotatable bonds is 0. The van der Waals surface area contributed by atoms with E-state index in [1.807, 2.05) is 0 Å². The molecule has 1 spiro atoms. The number of hydrogen-bond acceptors (Lipinski definition) is 2. The van der Waals surface area contributed by atoms with E-state index in [0.29, 0.717) is 5.41 Å². The second-order valence-electron chi connectivity index (χ2n) is 9.77. The normalized spacial score (nSPS) is 57.2. The summed E-state index contributed by atoms with van der Waals surface area (Å²) in [5.74, 6) is 5.32. The zero-order chi connectivity index (χ0) is 16.1. The Kier molecular flexibility index (Phi) is 2.64. The molecule has 1 aliphatic heterocycles. The van der Waals surface area contributed by atoms with Gasteiger partial charge in [0.2, 0.25) is 0 Å². The molecule has 24 heavy (non-hydrogen) atoms. The SMILES string of the molecule is C[C@]12CCC3C(C4CC4C4=CC(=N)CC[C@@H]43)C1CC[C@@]21C=CCO1. The molecule has 6 rings (SSSR count). The van der Waals surface area contributed by atoms with Crippen LogP contribution in [0.15, 0.2) is 23.8 Å². The molecule has 4 fully saturated rings. The second kappa shape index (κ2) is 4.44. The van der Waals surface area contributed by atoms with Gasteiger partial charge in [0, 0.05) is 11.1 Å². The highest BCUT2D eigenvalue weighted by Gasteiger charge is 2.68. The Balaban J connectivity index is 1.39. The van der Waals surface area contributed by atoms with Gasteiger partial charge in [0.1, 0.15) is 0 Å². The topological polar surface area (TPSA) is 33.1 Å². The molecule has 0 aromatic heterocycles. The fourth-order valence-electron chi connectivity index (χ4n) is 8.06. The highest BCUT2D eigenvalue weighted by atomic mass is 16.5. The minimum absolute atomic E-state index is 0.0673. The molecule has 8 atom stereocenters. The van der Waals surface area contributed by atoms with Crippen LogP contribution < -0.4 is 0 Å². The summed E-state index contributed by atoms with van der Waals surface area (Å²) in [5.41, 5.74) is 3.04. The predicted molar refractivity (Wildman–Crippen MR) is 95.0 cm³/mol. The van der Waals surface area contributed by atoms with Crippen molar-refractivity contribution < 1.29 is 4.74 Å². The van der Waals surface area contributed by atoms with E-state index in [1.54, 1.807) is 5.57 Å². The van der Waals surface area contributed by atoms with Crippen LogP contribution in [0.3, 0.4) is 0 Å². The molecular formula is C22H29NO. The third kappa shape index (κ3) is 1.55. The van der Waals surface area contributed by atoms with E-state index < -0.39 is 0 Å². The minimum Gasteiger partial charge on any atom is -0.366 e. The lowest BCUT2D eigenvalue weighted by molar-refractivity contribution is -0.113. The van der Waals surface area contributed by atoms with Crippen LogP contribution in [-0.2, 0) is 4.74 Å². The van der Waals surface area contributed by atoms with Gasteiger partial charge < -0.3 is 10.1 Å². The van der Waals surface area contributed by atoms with Crippen LogP contribution in [0.1, 0.15) is 51.9 Å². The second-order valence-corrected chi connectivity index (χ2v) is 9.77. The Morgan fingerprint density at radius 2 is 2.04 bits per heavy atom. The van der Waals surface area contributed by atoms with E-state index in [2.05, 4.69) is 25.2 Å². The van der Waals surface area contributed by atoms with E-state index in [4.69, 9.17) is 10.1 Å². The van der Waals surface area contributed by atoms with Gasteiger partial charge in [-0.05, 0) is 86.5 Å². The van der Waals surface area contributed by atoms with Gasteiger partial charge in [-0.3, -0.25) is 0 Å². The molecule has 1 heterocycles. The lowest BCUT2D eigenvalue weighted by Gasteiger charge is -2.55. The first-order valence-electron chi connectivity index (χ1n) is 10.2. The van der Waals surface area contributed by atoms with Crippen molar-refractivity contribution in [2.45, 2.75) is 57.5 Å². The maximum Gasteiger partial charge on any atom is 0.0923 e. The van der Waals surface area contributed by atoms with E-state index in [-0.39, 0.29) is 5.60 Å². The molecule has 0 amide bonds. The first-order chi connectivity index (χ1) is 11.6. The lowest BCUT2D eigenvalue weighted by Crippen LogP contribution is -2.52. The van der Waals surface area contributed by atoms with Crippen molar-refractivity contribution in [2.24, 2.45) is 40.9 Å². The summed E-state index contributed by atoms with van der Waals surface area (Å²) in [6.45, 7) is 3.40. The molecule has 6 aliphatic rings. The summed E-state index contributed by atoms with van der Waals surface area (Å²) in [7, 11) is 0. The number of fused-ring (bicyclic) bond motifs is 9. The molecule has 2 nitrogen and oxygen atoms in total. The standard InChI is InChI=1S/C22H29NO/c1-21-8-5-15-14-4-3-13(23)11-16(14)17-12-18(17)20(15)19(21)6-9-22(21)7-2-10-24-22/h2,7,11,14-15,17-20,23H,3-6,8-10,12H2,1H3/t14-,15?,17?,18?,19?,20?,21+,22+/m1/s1. The molecule has 0 aromatic rings. The van der Waals surface area contributed by atoms with Gasteiger partial charge in [0.15, 0.2) is 0 Å². The molecule has 1 N–H and O–H groups in total. The maximum absolute atomic E-state index is 8.11. The van der Waals surface area contributed by atoms with Gasteiger partial charge in [-0.2, -0.15) is 0 Å². The largest absolute Gasteiger partial charge is 0.366 e. The molecular weight excluding hydrogens is 294 g/mol. The van der Waals surface area contributed by atoms with E-state index in [9.17, 15) is 0 Å². The van der Waals surface area contributed by atoms with Crippen molar-refractivity contribution in [1.29, 1.82) is 5.41 Å². The minimum atomic E-state index is 0.0673. The molecule has 0 radical (unpaired) electrons. The molecule has 5 aliphatic carbocycles. The van der Waals surface area contributed by atoms with Crippen LogP contribution in [0.4, 0.5) is 0 Å². The summed E-state index contributed by atoms with van der Waals surface area (Å²) in [6.07, 6.45) is 16.1. The summed E-state index contributed by atoms with van der Waals surface area (Å²) in [4.78, 5) is 0. The molecule has 128 valence electrons. The van der Waals surface area contributed by atoms with Gasteiger partial charge in [-0.1, -0.05) is 24.6 Å². The lowest BCUT2D eigenvalue weighted by atomic mass is 9.50. The van der Waals surface area contributed by atoms with E-state index in [0.717, 1.165) is 54.2 Å². The van der Waals surface area contributed by atoms with Gasteiger partial charge >= 0.3 is 0 Å². The van der Waals surface area contributed by atoms with Gasteiger partial charge in [-0.15, -0.1) is 0 Å². The Hall–Kier alpha value is -0.890. The molecule has 5 unspecified atom stereocenters. The van der Waals surface area contributed by atoms with Crippen molar-refractivity contribution in [3.63, 3.8) is 0 Å². The summed E-state index contributed by atoms with van der Waals surface area (Å²) >= 11 is 0. The average Bonchev–Trinajstić information content (AvgIpc) is 3.14. The van der Waals surface area contributed by atoms with Crippen LogP contribution in [-0.4, -0.2) is 17.9 Å². The van der Waals surface area contributed by atoms with Crippen molar-refractivity contribution >= 4 is 5.71 Å². The van der Waals surface area contributed by atoms with Crippen molar-refractivity contribution in [2.75, 3.05) is 6.61 Å². The highest BCUT2D eigenvalue weighted by molar-refractivity contribution is 5.94. The molecule has 2 heteroatoms. The molecule has 0 aromatic carbocycles. The van der Waals surface area contributed by atoms with Gasteiger partial charge in [0.25, 0.3) is 0 Å². The third-order valence-electron chi connectivity index (χ3n) is 9.16. The quantitative estimate of drug-likeness (QED) is 0.641. The van der Waals surface area contributed by atoms with Crippen LogP contribution in [0, 0.1) is 46.3 Å². The summed E-state index contributed by atoms with van der Waals surface area (Å²) < 4.78 is 6.37. The zero-order valence-electron chi connectivity index (χ0n) is 14.8. The fourth-order valence-corrected chi connectivity index (χ4v) is 8.06. The first-order valence-corrected chi connectivity index (χ1v) is 10.2.